The van der Waals surface area contributed by atoms with Crippen molar-refractivity contribution >= 4 is 0 Å². The molecule has 1 N–H and O–H groups in total. The third-order valence-electron chi connectivity index (χ3n) is 2.95. The Balaban J connectivity index is 1.91. The molecule has 0 atom stereocenters. The van der Waals surface area contributed by atoms with E-state index in [1.807, 2.05) is 12.5 Å². The molecule has 1 saturated heterocycles. The van der Waals surface area contributed by atoms with Gasteiger partial charge in [-0.05, 0) is 6.42 Å². The van der Waals surface area contributed by atoms with E-state index in [0.717, 1.165) is 19.6 Å². The van der Waals surface area contributed by atoms with E-state index in [9.17, 15) is 0 Å². The van der Waals surface area contributed by atoms with Crippen LogP contribution in [0, 0.1) is 0 Å². The molecular formula is C11H19N3. The lowest BCUT2D eigenvalue weighted by Crippen LogP contribution is -2.40. The lowest BCUT2D eigenvalue weighted by molar-refractivity contribution is 0.420. The Hall–Kier alpha value is -0.830. The van der Waals surface area contributed by atoms with E-state index in [1.54, 1.807) is 0 Å². The molecule has 0 saturated carbocycles. The molecule has 0 unspecified atom stereocenters. The van der Waals surface area contributed by atoms with Crippen molar-refractivity contribution in [3.05, 3.63) is 18.2 Å². The number of nitrogens with one attached hydrogen (secondary N) is 1. The molecule has 14 heavy (non-hydrogen) atoms. The Kier molecular flexibility index (Phi) is 3.19. The topological polar surface area (TPSA) is 29.9 Å². The quantitative estimate of drug-likeness (QED) is 0.722. The van der Waals surface area contributed by atoms with Gasteiger partial charge in [-0.3, -0.25) is 0 Å². The van der Waals surface area contributed by atoms with Gasteiger partial charge in [-0.1, -0.05) is 19.8 Å². The van der Waals surface area contributed by atoms with Crippen molar-refractivity contribution in [1.29, 1.82) is 0 Å². The predicted octanol–water partition coefficient (Wildman–Crippen LogP) is 1.76. The minimum atomic E-state index is 0.708. The van der Waals surface area contributed by atoms with Crippen molar-refractivity contribution in [2.75, 3.05) is 13.1 Å². The van der Waals surface area contributed by atoms with E-state index in [4.69, 9.17) is 0 Å². The van der Waals surface area contributed by atoms with Gasteiger partial charge < -0.3 is 9.88 Å². The molecule has 1 aliphatic rings. The summed E-state index contributed by atoms with van der Waals surface area (Å²) in [4.78, 5) is 4.24. The van der Waals surface area contributed by atoms with Crippen LogP contribution in [0.5, 0.6) is 0 Å². The summed E-state index contributed by atoms with van der Waals surface area (Å²) >= 11 is 0. The second-order valence-corrected chi connectivity index (χ2v) is 4.07. The smallest absolute Gasteiger partial charge is 0.0948 e. The maximum absolute atomic E-state index is 4.24. The van der Waals surface area contributed by atoms with Crippen molar-refractivity contribution in [3.8, 4) is 0 Å². The fourth-order valence-electron chi connectivity index (χ4n) is 1.89. The Labute approximate surface area is 85.5 Å². The zero-order chi connectivity index (χ0) is 9.80. The standard InChI is InChI=1S/C11H19N3/c1-2-3-4-5-14-9-13-8-11(14)10-6-12-7-10/h8-10,12H,2-7H2,1H3. The van der Waals surface area contributed by atoms with Gasteiger partial charge in [0.15, 0.2) is 0 Å². The van der Waals surface area contributed by atoms with Crippen LogP contribution in [0.3, 0.4) is 0 Å². The second kappa shape index (κ2) is 4.60. The zero-order valence-corrected chi connectivity index (χ0v) is 8.87. The Morgan fingerprint density at radius 3 is 3.00 bits per heavy atom. The van der Waals surface area contributed by atoms with Crippen LogP contribution >= 0.6 is 0 Å². The zero-order valence-electron chi connectivity index (χ0n) is 8.87. The van der Waals surface area contributed by atoms with Gasteiger partial charge in [-0.25, -0.2) is 4.98 Å². The maximum atomic E-state index is 4.24. The molecule has 3 nitrogen and oxygen atoms in total. The molecule has 1 fully saturated rings. The van der Waals surface area contributed by atoms with Crippen LogP contribution in [-0.2, 0) is 6.54 Å². The minimum absolute atomic E-state index is 0.708. The number of nitrogens with zero attached hydrogens (tertiary/aromatic N) is 2. The van der Waals surface area contributed by atoms with Gasteiger partial charge in [0.05, 0.1) is 6.33 Å². The summed E-state index contributed by atoms with van der Waals surface area (Å²) in [6.45, 7) is 5.63. The van der Waals surface area contributed by atoms with Gasteiger partial charge >= 0.3 is 0 Å². The second-order valence-electron chi connectivity index (χ2n) is 4.07. The number of rotatable bonds is 5. The first-order valence-corrected chi connectivity index (χ1v) is 5.62. The number of aromatic nitrogens is 2. The van der Waals surface area contributed by atoms with Crippen molar-refractivity contribution in [1.82, 2.24) is 14.9 Å². The molecule has 2 rings (SSSR count). The first-order chi connectivity index (χ1) is 6.92. The molecule has 0 radical (unpaired) electrons. The molecule has 1 aromatic rings. The fourth-order valence-corrected chi connectivity index (χ4v) is 1.89. The number of aryl methyl sites for hydroxylation is 1. The van der Waals surface area contributed by atoms with Crippen LogP contribution in [0.1, 0.15) is 37.8 Å². The van der Waals surface area contributed by atoms with E-state index in [2.05, 4.69) is 21.8 Å². The summed E-state index contributed by atoms with van der Waals surface area (Å²) in [5.41, 5.74) is 1.42. The maximum Gasteiger partial charge on any atom is 0.0948 e. The van der Waals surface area contributed by atoms with E-state index < -0.39 is 0 Å². The van der Waals surface area contributed by atoms with Gasteiger partial charge in [-0.2, -0.15) is 0 Å². The fraction of sp³-hybridized carbons (Fsp3) is 0.727. The van der Waals surface area contributed by atoms with Crippen LogP contribution < -0.4 is 5.32 Å². The van der Waals surface area contributed by atoms with Gasteiger partial charge in [-0.15, -0.1) is 0 Å². The van der Waals surface area contributed by atoms with Crippen molar-refractivity contribution < 1.29 is 0 Å². The molecule has 78 valence electrons. The van der Waals surface area contributed by atoms with Gasteiger partial charge in [0.25, 0.3) is 0 Å². The largest absolute Gasteiger partial charge is 0.334 e. The molecule has 3 heteroatoms. The lowest BCUT2D eigenvalue weighted by atomic mass is 10.00. The highest BCUT2D eigenvalue weighted by Gasteiger charge is 2.21. The van der Waals surface area contributed by atoms with Crippen molar-refractivity contribution in [2.24, 2.45) is 0 Å². The molecule has 0 spiro atoms. The minimum Gasteiger partial charge on any atom is -0.334 e. The molecule has 0 bridgehead atoms. The van der Waals surface area contributed by atoms with Gasteiger partial charge in [0, 0.05) is 37.4 Å². The number of unbranched alkanes of at least 4 members (excludes halogenated alkanes) is 2. The summed E-state index contributed by atoms with van der Waals surface area (Å²) < 4.78 is 2.32. The lowest BCUT2D eigenvalue weighted by Gasteiger charge is -2.27. The summed E-state index contributed by atoms with van der Waals surface area (Å²) in [7, 11) is 0. The molecule has 2 heterocycles. The first kappa shape index (κ1) is 9.71. The average Bonchev–Trinajstić information content (AvgIpc) is 2.51. The Morgan fingerprint density at radius 1 is 1.50 bits per heavy atom. The molecular weight excluding hydrogens is 174 g/mol. The molecule has 0 aromatic carbocycles. The molecule has 0 amide bonds. The Bertz CT molecular complexity index is 276. The van der Waals surface area contributed by atoms with Crippen LogP contribution in [0.25, 0.3) is 0 Å². The predicted molar refractivity (Wildman–Crippen MR) is 57.4 cm³/mol. The first-order valence-electron chi connectivity index (χ1n) is 5.62. The summed E-state index contributed by atoms with van der Waals surface area (Å²) in [5, 5.41) is 3.30. The summed E-state index contributed by atoms with van der Waals surface area (Å²) in [6, 6.07) is 0. The molecule has 1 aromatic heterocycles. The highest BCUT2D eigenvalue weighted by atomic mass is 15.1. The summed E-state index contributed by atoms with van der Waals surface area (Å²) in [6.07, 6.45) is 7.89. The normalized spacial score (nSPS) is 16.9. The van der Waals surface area contributed by atoms with Crippen LogP contribution in [0.15, 0.2) is 12.5 Å². The van der Waals surface area contributed by atoms with E-state index >= 15 is 0 Å². The van der Waals surface area contributed by atoms with Crippen LogP contribution in [-0.4, -0.2) is 22.6 Å². The van der Waals surface area contributed by atoms with Crippen molar-refractivity contribution in [3.63, 3.8) is 0 Å². The Morgan fingerprint density at radius 2 is 2.36 bits per heavy atom. The third-order valence-corrected chi connectivity index (χ3v) is 2.95. The summed E-state index contributed by atoms with van der Waals surface area (Å²) in [5.74, 6) is 0.708. The van der Waals surface area contributed by atoms with E-state index in [0.29, 0.717) is 5.92 Å². The molecule has 0 aliphatic carbocycles. The molecule has 1 aliphatic heterocycles. The van der Waals surface area contributed by atoms with Gasteiger partial charge in [0.1, 0.15) is 0 Å². The highest BCUT2D eigenvalue weighted by Crippen LogP contribution is 2.19. The highest BCUT2D eigenvalue weighted by molar-refractivity contribution is 5.11. The van der Waals surface area contributed by atoms with Gasteiger partial charge in [0.2, 0.25) is 0 Å². The number of hydrogen-bond acceptors (Lipinski definition) is 2. The SMILES string of the molecule is CCCCCn1cncc1C1CNC1. The number of imidazole rings is 1. The average molecular weight is 193 g/mol. The van der Waals surface area contributed by atoms with E-state index in [1.165, 1.54) is 25.0 Å². The van der Waals surface area contributed by atoms with Crippen molar-refractivity contribution in [2.45, 2.75) is 38.6 Å². The van der Waals surface area contributed by atoms with E-state index in [-0.39, 0.29) is 0 Å². The monoisotopic (exact) mass is 193 g/mol. The van der Waals surface area contributed by atoms with Crippen LogP contribution in [0.2, 0.25) is 0 Å². The third kappa shape index (κ3) is 1.98. The number of hydrogen-bond donors (Lipinski definition) is 1. The van der Waals surface area contributed by atoms with Crippen LogP contribution in [0.4, 0.5) is 0 Å².